The first-order valence-corrected chi connectivity index (χ1v) is 8.59. The molecular formula is C18H21ClFN3O4. The first-order valence-electron chi connectivity index (χ1n) is 8.59. The van der Waals surface area contributed by atoms with Crippen LogP contribution in [0.15, 0.2) is 17.1 Å². The zero-order valence-corrected chi connectivity index (χ0v) is 15.9. The fourth-order valence-electron chi connectivity index (χ4n) is 3.69. The number of benzene rings is 1. The van der Waals surface area contributed by atoms with Crippen molar-refractivity contribution >= 4 is 35.0 Å². The Bertz CT molecular complexity index is 969. The van der Waals surface area contributed by atoms with Gasteiger partial charge in [-0.2, -0.15) is 0 Å². The lowest BCUT2D eigenvalue weighted by atomic mass is 10.1. The first kappa shape index (κ1) is 19.4. The van der Waals surface area contributed by atoms with E-state index >= 15 is 0 Å². The minimum atomic E-state index is -1.32. The number of ether oxygens (including phenoxy) is 1. The summed E-state index contributed by atoms with van der Waals surface area (Å²) in [5.74, 6) is -1.54. The van der Waals surface area contributed by atoms with Crippen LogP contribution >= 0.6 is 12.4 Å². The van der Waals surface area contributed by atoms with E-state index in [1.54, 1.807) is 4.57 Å². The molecule has 0 saturated carbocycles. The Morgan fingerprint density at radius 1 is 1.30 bits per heavy atom. The molecule has 2 aliphatic heterocycles. The molecule has 1 atom stereocenters. The molecule has 3 heterocycles. The second kappa shape index (κ2) is 7.01. The van der Waals surface area contributed by atoms with Gasteiger partial charge >= 0.3 is 5.97 Å². The molecule has 0 amide bonds. The highest BCUT2D eigenvalue weighted by Gasteiger charge is 2.30. The molecule has 1 aromatic heterocycles. The Labute approximate surface area is 161 Å². The van der Waals surface area contributed by atoms with Crippen molar-refractivity contribution in [3.63, 3.8) is 0 Å². The number of anilines is 1. The molecule has 0 aliphatic carbocycles. The molecule has 1 N–H and O–H groups in total. The van der Waals surface area contributed by atoms with Crippen molar-refractivity contribution in [2.75, 3.05) is 44.7 Å². The van der Waals surface area contributed by atoms with E-state index in [1.165, 1.54) is 6.20 Å². The number of carbonyl (C=O) groups is 1. The maximum Gasteiger partial charge on any atom is 0.341 e. The summed E-state index contributed by atoms with van der Waals surface area (Å²) < 4.78 is 22.6. The van der Waals surface area contributed by atoms with Gasteiger partial charge in [0.15, 0.2) is 11.6 Å². The number of hydrogen-bond donors (Lipinski definition) is 1. The van der Waals surface area contributed by atoms with Crippen LogP contribution in [0.1, 0.15) is 23.3 Å². The lowest BCUT2D eigenvalue weighted by Gasteiger charge is -2.37. The maximum atomic E-state index is 15.0. The van der Waals surface area contributed by atoms with Gasteiger partial charge in [0, 0.05) is 32.4 Å². The van der Waals surface area contributed by atoms with Gasteiger partial charge in [-0.25, -0.2) is 9.18 Å². The molecule has 27 heavy (non-hydrogen) atoms. The lowest BCUT2D eigenvalue weighted by molar-refractivity contribution is 0.0694. The van der Waals surface area contributed by atoms with Gasteiger partial charge in [0.2, 0.25) is 5.43 Å². The number of pyridine rings is 1. The number of piperazine rings is 1. The third kappa shape index (κ3) is 3.02. The van der Waals surface area contributed by atoms with Gasteiger partial charge in [0.05, 0.1) is 16.9 Å². The lowest BCUT2D eigenvalue weighted by Crippen LogP contribution is -2.45. The molecule has 4 rings (SSSR count). The third-order valence-corrected chi connectivity index (χ3v) is 5.19. The van der Waals surface area contributed by atoms with E-state index in [2.05, 4.69) is 4.90 Å². The van der Waals surface area contributed by atoms with Crippen LogP contribution in [0.2, 0.25) is 0 Å². The van der Waals surface area contributed by atoms with E-state index in [9.17, 15) is 19.1 Å². The van der Waals surface area contributed by atoms with Gasteiger partial charge in [-0.05, 0) is 20.0 Å². The SMILES string of the molecule is CC1COc2c(N3CCN(C)CC3)c(F)cc3c(=O)c(C(=O)O)cn1c23.Cl. The van der Waals surface area contributed by atoms with Crippen LogP contribution in [-0.2, 0) is 0 Å². The van der Waals surface area contributed by atoms with Crippen molar-refractivity contribution < 1.29 is 19.0 Å². The quantitative estimate of drug-likeness (QED) is 0.835. The standard InChI is InChI=1S/C18H20FN3O4.ClH/c1-10-9-26-17-14-11(16(23)12(18(24)25)8-22(10)14)7-13(19)15(17)21-5-3-20(2)4-6-21;/h7-8,10H,3-6,9H2,1-2H3,(H,24,25);1H. The van der Waals surface area contributed by atoms with Crippen molar-refractivity contribution in [1.29, 1.82) is 0 Å². The summed E-state index contributed by atoms with van der Waals surface area (Å²) in [5, 5.41) is 9.36. The summed E-state index contributed by atoms with van der Waals surface area (Å²) in [6.07, 6.45) is 1.34. The molecule has 9 heteroatoms. The van der Waals surface area contributed by atoms with E-state index in [1.807, 2.05) is 18.9 Å². The van der Waals surface area contributed by atoms with E-state index in [-0.39, 0.29) is 36.0 Å². The molecule has 1 unspecified atom stereocenters. The summed E-state index contributed by atoms with van der Waals surface area (Å²) in [6.45, 7) is 5.08. The van der Waals surface area contributed by atoms with Crippen molar-refractivity contribution in [3.05, 3.63) is 33.9 Å². The Kier molecular flexibility index (Phi) is 5.05. The fraction of sp³-hybridized carbons (Fsp3) is 0.444. The van der Waals surface area contributed by atoms with E-state index < -0.39 is 17.2 Å². The van der Waals surface area contributed by atoms with Crippen LogP contribution in [0.3, 0.4) is 0 Å². The average Bonchev–Trinajstić information content (AvgIpc) is 2.60. The van der Waals surface area contributed by atoms with Crippen molar-refractivity contribution in [2.45, 2.75) is 13.0 Å². The van der Waals surface area contributed by atoms with Gasteiger partial charge < -0.3 is 24.2 Å². The summed E-state index contributed by atoms with van der Waals surface area (Å²) in [5.41, 5.74) is -0.224. The Morgan fingerprint density at radius 3 is 2.59 bits per heavy atom. The number of rotatable bonds is 2. The molecule has 0 bridgehead atoms. The van der Waals surface area contributed by atoms with Gasteiger partial charge in [0.1, 0.15) is 17.9 Å². The summed E-state index contributed by atoms with van der Waals surface area (Å²) in [4.78, 5) is 28.1. The van der Waals surface area contributed by atoms with Gasteiger partial charge in [-0.3, -0.25) is 4.79 Å². The van der Waals surface area contributed by atoms with Crippen LogP contribution in [0.25, 0.3) is 10.9 Å². The normalized spacial score (nSPS) is 19.5. The second-order valence-corrected chi connectivity index (χ2v) is 6.97. The van der Waals surface area contributed by atoms with Gasteiger partial charge in [0.25, 0.3) is 0 Å². The smallest absolute Gasteiger partial charge is 0.341 e. The number of likely N-dealkylation sites (N-methyl/N-ethyl adjacent to an activating group) is 1. The summed E-state index contributed by atoms with van der Waals surface area (Å²) in [6, 6.07) is 0.994. The molecular weight excluding hydrogens is 377 g/mol. The largest absolute Gasteiger partial charge is 0.487 e. The van der Waals surface area contributed by atoms with Crippen LogP contribution in [0.5, 0.6) is 5.75 Å². The van der Waals surface area contributed by atoms with Crippen LogP contribution in [0, 0.1) is 5.82 Å². The Hall–Kier alpha value is -2.32. The molecule has 2 aromatic rings. The summed E-state index contributed by atoms with van der Waals surface area (Å²) >= 11 is 0. The van der Waals surface area contributed by atoms with E-state index in [0.717, 1.165) is 19.2 Å². The maximum absolute atomic E-state index is 15.0. The minimum absolute atomic E-state index is 0. The molecule has 2 aliphatic rings. The zero-order valence-electron chi connectivity index (χ0n) is 15.1. The van der Waals surface area contributed by atoms with Gasteiger partial charge in [-0.15, -0.1) is 12.4 Å². The Morgan fingerprint density at radius 2 is 1.96 bits per heavy atom. The predicted molar refractivity (Wildman–Crippen MR) is 102 cm³/mol. The zero-order chi connectivity index (χ0) is 18.6. The van der Waals surface area contributed by atoms with Crippen molar-refractivity contribution in [3.8, 4) is 5.75 Å². The number of carboxylic acids is 1. The van der Waals surface area contributed by atoms with E-state index in [0.29, 0.717) is 30.0 Å². The molecule has 0 spiro atoms. The van der Waals surface area contributed by atoms with Crippen molar-refractivity contribution in [1.82, 2.24) is 9.47 Å². The number of aromatic nitrogens is 1. The minimum Gasteiger partial charge on any atom is -0.487 e. The summed E-state index contributed by atoms with van der Waals surface area (Å²) in [7, 11) is 2.02. The molecule has 1 aromatic carbocycles. The third-order valence-electron chi connectivity index (χ3n) is 5.19. The molecule has 7 nitrogen and oxygen atoms in total. The number of carboxylic acid groups (broad SMARTS) is 1. The average molecular weight is 398 g/mol. The number of aromatic carboxylic acids is 1. The topological polar surface area (TPSA) is 75.0 Å². The highest BCUT2D eigenvalue weighted by atomic mass is 35.5. The van der Waals surface area contributed by atoms with Crippen LogP contribution in [0.4, 0.5) is 10.1 Å². The van der Waals surface area contributed by atoms with Crippen LogP contribution in [-0.4, -0.2) is 60.4 Å². The monoisotopic (exact) mass is 397 g/mol. The highest BCUT2D eigenvalue weighted by molar-refractivity contribution is 5.97. The molecule has 0 radical (unpaired) electrons. The highest BCUT2D eigenvalue weighted by Crippen LogP contribution is 2.42. The van der Waals surface area contributed by atoms with E-state index in [4.69, 9.17) is 4.74 Å². The molecule has 1 saturated heterocycles. The number of halogens is 2. The number of nitrogens with zero attached hydrogens (tertiary/aromatic N) is 3. The number of hydrogen-bond acceptors (Lipinski definition) is 5. The fourth-order valence-corrected chi connectivity index (χ4v) is 3.69. The van der Waals surface area contributed by atoms with Gasteiger partial charge in [-0.1, -0.05) is 0 Å². The van der Waals surface area contributed by atoms with Crippen LogP contribution < -0.4 is 15.1 Å². The molecule has 1 fully saturated rings. The Balaban J connectivity index is 0.00000210. The predicted octanol–water partition coefficient (Wildman–Crippen LogP) is 1.97. The second-order valence-electron chi connectivity index (χ2n) is 6.97. The molecule has 146 valence electrons. The first-order chi connectivity index (χ1) is 12.4. The van der Waals surface area contributed by atoms with Crippen molar-refractivity contribution in [2.24, 2.45) is 0 Å².